The average Bonchev–Trinajstić information content (AvgIpc) is 2.86. The predicted molar refractivity (Wildman–Crippen MR) is 79.4 cm³/mol. The summed E-state index contributed by atoms with van der Waals surface area (Å²) in [5, 5.41) is 8.73. The molecule has 2 N–H and O–H groups in total. The molecule has 0 aliphatic rings. The van der Waals surface area contributed by atoms with E-state index < -0.39 is 5.97 Å². The van der Waals surface area contributed by atoms with Crippen LogP contribution >= 0.6 is 0 Å². The first-order valence-corrected chi connectivity index (χ1v) is 6.76. The molecule has 0 unspecified atom stereocenters. The quantitative estimate of drug-likeness (QED) is 0.855. The number of nitrogen functional groups attached to an aromatic ring is 1. The molecule has 0 aliphatic carbocycles. The van der Waals surface area contributed by atoms with Crippen LogP contribution in [0.25, 0.3) is 0 Å². The van der Waals surface area contributed by atoms with Gasteiger partial charge >= 0.3 is 5.97 Å². The highest BCUT2D eigenvalue weighted by Gasteiger charge is 2.14. The first kappa shape index (κ1) is 14.7. The largest absolute Gasteiger partial charge is 0.456 e. The standard InChI is InChI=1S/C16H17N3O2/c1-2-7-19-10-14(18)8-15(19)16(20)21-11-13-5-3-12(9-17)4-6-13/h3-6,8,10H,2,7,11,18H2,1H3. The molecule has 2 aromatic rings. The maximum Gasteiger partial charge on any atom is 0.355 e. The Balaban J connectivity index is 2.02. The second-order valence-corrected chi connectivity index (χ2v) is 4.74. The molecular weight excluding hydrogens is 266 g/mol. The van der Waals surface area contributed by atoms with Gasteiger partial charge in [0.1, 0.15) is 12.3 Å². The van der Waals surface area contributed by atoms with Crippen molar-refractivity contribution >= 4 is 11.7 Å². The smallest absolute Gasteiger partial charge is 0.355 e. The number of hydrogen-bond donors (Lipinski definition) is 1. The number of anilines is 1. The number of nitrogens with two attached hydrogens (primary N) is 1. The van der Waals surface area contributed by atoms with Gasteiger partial charge in [0.05, 0.1) is 17.3 Å². The summed E-state index contributed by atoms with van der Waals surface area (Å²) in [5.74, 6) is -0.399. The summed E-state index contributed by atoms with van der Waals surface area (Å²) in [4.78, 5) is 12.1. The van der Waals surface area contributed by atoms with Crippen LogP contribution in [-0.4, -0.2) is 10.5 Å². The third-order valence-electron chi connectivity index (χ3n) is 3.04. The van der Waals surface area contributed by atoms with Crippen LogP contribution in [0.15, 0.2) is 36.5 Å². The lowest BCUT2D eigenvalue weighted by atomic mass is 10.2. The van der Waals surface area contributed by atoms with Gasteiger partial charge in [-0.1, -0.05) is 19.1 Å². The number of nitrogens with zero attached hydrogens (tertiary/aromatic N) is 2. The Morgan fingerprint density at radius 1 is 1.38 bits per heavy atom. The zero-order valence-corrected chi connectivity index (χ0v) is 11.9. The summed E-state index contributed by atoms with van der Waals surface area (Å²) in [5.41, 5.74) is 8.15. The van der Waals surface area contributed by atoms with Gasteiger partial charge < -0.3 is 15.0 Å². The molecule has 0 aliphatic heterocycles. The predicted octanol–water partition coefficient (Wildman–Crippen LogP) is 2.71. The zero-order valence-electron chi connectivity index (χ0n) is 11.9. The van der Waals surface area contributed by atoms with Gasteiger partial charge in [0, 0.05) is 12.7 Å². The van der Waals surface area contributed by atoms with Crippen molar-refractivity contribution in [1.29, 1.82) is 5.26 Å². The van der Waals surface area contributed by atoms with Crippen LogP contribution in [0.3, 0.4) is 0 Å². The molecule has 0 saturated carbocycles. The van der Waals surface area contributed by atoms with E-state index in [-0.39, 0.29) is 6.61 Å². The molecule has 1 aromatic heterocycles. The highest BCUT2D eigenvalue weighted by atomic mass is 16.5. The third-order valence-corrected chi connectivity index (χ3v) is 3.04. The number of rotatable bonds is 5. The number of carbonyl (C=O) groups is 1. The SMILES string of the molecule is CCCn1cc(N)cc1C(=O)OCc1ccc(C#N)cc1. The van der Waals surface area contributed by atoms with Crippen molar-refractivity contribution in [3.05, 3.63) is 53.3 Å². The van der Waals surface area contributed by atoms with E-state index in [2.05, 4.69) is 0 Å². The number of aromatic nitrogens is 1. The zero-order chi connectivity index (χ0) is 15.2. The van der Waals surface area contributed by atoms with E-state index >= 15 is 0 Å². The number of hydrogen-bond acceptors (Lipinski definition) is 4. The Morgan fingerprint density at radius 2 is 2.10 bits per heavy atom. The maximum atomic E-state index is 12.1. The van der Waals surface area contributed by atoms with Gasteiger partial charge in [0.25, 0.3) is 0 Å². The molecule has 0 radical (unpaired) electrons. The second-order valence-electron chi connectivity index (χ2n) is 4.74. The molecule has 21 heavy (non-hydrogen) atoms. The Labute approximate surface area is 123 Å². The van der Waals surface area contributed by atoms with Crippen LogP contribution in [-0.2, 0) is 17.9 Å². The number of benzene rings is 1. The minimum atomic E-state index is -0.399. The van der Waals surface area contributed by atoms with Crippen LogP contribution in [0.5, 0.6) is 0 Å². The third kappa shape index (κ3) is 3.63. The Hall–Kier alpha value is -2.74. The van der Waals surface area contributed by atoms with Crippen molar-refractivity contribution in [2.45, 2.75) is 26.5 Å². The Kier molecular flexibility index (Phi) is 4.62. The van der Waals surface area contributed by atoms with Gasteiger partial charge in [-0.05, 0) is 30.2 Å². The van der Waals surface area contributed by atoms with Crippen molar-refractivity contribution in [3.63, 3.8) is 0 Å². The van der Waals surface area contributed by atoms with Crippen molar-refractivity contribution in [3.8, 4) is 6.07 Å². The minimum absolute atomic E-state index is 0.168. The lowest BCUT2D eigenvalue weighted by molar-refractivity contribution is 0.0460. The van der Waals surface area contributed by atoms with Gasteiger partial charge in [-0.2, -0.15) is 5.26 Å². The molecule has 108 valence electrons. The van der Waals surface area contributed by atoms with Gasteiger partial charge in [-0.3, -0.25) is 0 Å². The van der Waals surface area contributed by atoms with E-state index in [0.717, 1.165) is 18.5 Å². The molecule has 1 aromatic carbocycles. The molecule has 0 saturated heterocycles. The van der Waals surface area contributed by atoms with E-state index in [1.807, 2.05) is 13.0 Å². The van der Waals surface area contributed by atoms with E-state index in [4.69, 9.17) is 15.7 Å². The Morgan fingerprint density at radius 3 is 2.71 bits per heavy atom. The molecule has 0 amide bonds. The van der Waals surface area contributed by atoms with Crippen molar-refractivity contribution < 1.29 is 9.53 Å². The molecule has 0 spiro atoms. The Bertz CT molecular complexity index is 666. The topological polar surface area (TPSA) is 81.0 Å². The molecule has 2 rings (SSSR count). The first-order valence-electron chi connectivity index (χ1n) is 6.76. The summed E-state index contributed by atoms with van der Waals surface area (Å²) in [6.07, 6.45) is 2.64. The maximum absolute atomic E-state index is 12.1. The first-order chi connectivity index (χ1) is 10.1. The molecular formula is C16H17N3O2. The average molecular weight is 283 g/mol. The number of ether oxygens (including phenoxy) is 1. The van der Waals surface area contributed by atoms with Crippen LogP contribution in [0.2, 0.25) is 0 Å². The highest BCUT2D eigenvalue weighted by Crippen LogP contribution is 2.14. The molecule has 5 nitrogen and oxygen atoms in total. The molecule has 0 bridgehead atoms. The van der Waals surface area contributed by atoms with E-state index in [0.29, 0.717) is 16.9 Å². The van der Waals surface area contributed by atoms with Gasteiger partial charge in [0.15, 0.2) is 0 Å². The van der Waals surface area contributed by atoms with Gasteiger partial charge in [-0.15, -0.1) is 0 Å². The summed E-state index contributed by atoms with van der Waals surface area (Å²) in [7, 11) is 0. The lowest BCUT2D eigenvalue weighted by Crippen LogP contribution is -2.11. The van der Waals surface area contributed by atoms with Crippen molar-refractivity contribution in [2.75, 3.05) is 5.73 Å². The number of aryl methyl sites for hydroxylation is 1. The second kappa shape index (κ2) is 6.62. The lowest BCUT2D eigenvalue weighted by Gasteiger charge is -2.08. The fourth-order valence-electron chi connectivity index (χ4n) is 2.03. The van der Waals surface area contributed by atoms with Crippen LogP contribution < -0.4 is 5.73 Å². The van der Waals surface area contributed by atoms with Crippen LogP contribution in [0.1, 0.15) is 35.0 Å². The molecule has 1 heterocycles. The number of esters is 1. The minimum Gasteiger partial charge on any atom is -0.456 e. The fraction of sp³-hybridized carbons (Fsp3) is 0.250. The van der Waals surface area contributed by atoms with Crippen LogP contribution in [0, 0.1) is 11.3 Å². The van der Waals surface area contributed by atoms with Crippen molar-refractivity contribution in [1.82, 2.24) is 4.57 Å². The summed E-state index contributed by atoms with van der Waals surface area (Å²) >= 11 is 0. The van der Waals surface area contributed by atoms with E-state index in [1.54, 1.807) is 41.1 Å². The molecule has 0 fully saturated rings. The molecule has 5 heteroatoms. The summed E-state index contributed by atoms with van der Waals surface area (Å²) < 4.78 is 7.09. The van der Waals surface area contributed by atoms with Gasteiger partial charge in [-0.25, -0.2) is 4.79 Å². The normalized spacial score (nSPS) is 10.1. The van der Waals surface area contributed by atoms with Gasteiger partial charge in [0.2, 0.25) is 0 Å². The number of nitriles is 1. The summed E-state index contributed by atoms with van der Waals surface area (Å²) in [6.45, 7) is 2.92. The fourth-order valence-corrected chi connectivity index (χ4v) is 2.03. The van der Waals surface area contributed by atoms with E-state index in [9.17, 15) is 4.79 Å². The highest BCUT2D eigenvalue weighted by molar-refractivity contribution is 5.89. The molecule has 0 atom stereocenters. The monoisotopic (exact) mass is 283 g/mol. The van der Waals surface area contributed by atoms with Crippen LogP contribution in [0.4, 0.5) is 5.69 Å². The van der Waals surface area contributed by atoms with Crippen molar-refractivity contribution in [2.24, 2.45) is 0 Å². The summed E-state index contributed by atoms with van der Waals surface area (Å²) in [6, 6.07) is 10.6. The van der Waals surface area contributed by atoms with E-state index in [1.165, 1.54) is 0 Å². The number of carbonyl (C=O) groups excluding carboxylic acids is 1.